The van der Waals surface area contributed by atoms with E-state index in [1.54, 1.807) is 11.0 Å². The van der Waals surface area contributed by atoms with E-state index in [0.29, 0.717) is 13.1 Å². The van der Waals surface area contributed by atoms with E-state index in [1.807, 2.05) is 12.3 Å². The van der Waals surface area contributed by atoms with Gasteiger partial charge in [-0.3, -0.25) is 9.69 Å². The smallest absolute Gasteiger partial charge is 0.223 e. The molecule has 1 aromatic heterocycles. The van der Waals surface area contributed by atoms with Gasteiger partial charge in [0.05, 0.1) is 23.2 Å². The zero-order valence-corrected chi connectivity index (χ0v) is 18.2. The molecule has 0 unspecified atom stereocenters. The van der Waals surface area contributed by atoms with Gasteiger partial charge in [-0.25, -0.2) is 17.8 Å². The summed E-state index contributed by atoms with van der Waals surface area (Å²) < 4.78 is 38.7. The number of hydrogen-bond donors (Lipinski definition) is 0. The number of likely N-dealkylation sites (N-methyl/N-ethyl adjacent to an activating group) is 1. The molecule has 3 heterocycles. The fourth-order valence-electron chi connectivity index (χ4n) is 4.65. The van der Waals surface area contributed by atoms with E-state index in [9.17, 15) is 17.6 Å². The topological polar surface area (TPSA) is 75.5 Å². The van der Waals surface area contributed by atoms with Crippen LogP contribution >= 0.6 is 0 Å². The Bertz CT molecular complexity index is 1060. The van der Waals surface area contributed by atoms with Gasteiger partial charge in [0.1, 0.15) is 21.5 Å². The van der Waals surface area contributed by atoms with Gasteiger partial charge in [0.15, 0.2) is 0 Å². The van der Waals surface area contributed by atoms with Crippen molar-refractivity contribution >= 4 is 15.7 Å². The van der Waals surface area contributed by atoms with E-state index < -0.39 is 9.84 Å². The highest BCUT2D eigenvalue weighted by Gasteiger charge is 2.46. The first-order valence-electron chi connectivity index (χ1n) is 10.2. The van der Waals surface area contributed by atoms with Crippen LogP contribution in [0.25, 0.3) is 11.3 Å². The van der Waals surface area contributed by atoms with E-state index >= 15 is 0 Å². The molecule has 0 aliphatic carbocycles. The minimum absolute atomic E-state index is 0.0278. The van der Waals surface area contributed by atoms with Crippen LogP contribution in [0.2, 0.25) is 0 Å². The molecule has 1 fully saturated rings. The number of carbonyl (C=O) groups is 1. The van der Waals surface area contributed by atoms with E-state index in [1.165, 1.54) is 12.1 Å². The van der Waals surface area contributed by atoms with Crippen molar-refractivity contribution in [3.05, 3.63) is 42.1 Å². The van der Waals surface area contributed by atoms with Crippen LogP contribution in [0.4, 0.5) is 4.39 Å². The molecule has 1 saturated heterocycles. The predicted molar refractivity (Wildman–Crippen MR) is 112 cm³/mol. The summed E-state index contributed by atoms with van der Waals surface area (Å²) in [6.45, 7) is 2.74. The van der Waals surface area contributed by atoms with Crippen LogP contribution in [0, 0.1) is 5.82 Å². The Morgan fingerprint density at radius 2 is 1.93 bits per heavy atom. The van der Waals surface area contributed by atoms with Crippen molar-refractivity contribution in [1.29, 1.82) is 0 Å². The maximum absolute atomic E-state index is 13.7. The van der Waals surface area contributed by atoms with Gasteiger partial charge in [-0.2, -0.15) is 0 Å². The zero-order chi connectivity index (χ0) is 21.5. The molecule has 1 spiro atoms. The molecule has 9 heteroatoms. The summed E-state index contributed by atoms with van der Waals surface area (Å²) >= 11 is 0. The van der Waals surface area contributed by atoms with Gasteiger partial charge in [0, 0.05) is 44.4 Å². The van der Waals surface area contributed by atoms with Crippen molar-refractivity contribution < 1.29 is 17.6 Å². The van der Waals surface area contributed by atoms with Crippen LogP contribution in [0.5, 0.6) is 0 Å². The van der Waals surface area contributed by atoms with Crippen molar-refractivity contribution in [2.45, 2.75) is 31.3 Å². The van der Waals surface area contributed by atoms with Crippen LogP contribution in [0.15, 0.2) is 30.5 Å². The number of likely N-dealkylation sites (tertiary alicyclic amines) is 1. The monoisotopic (exact) mass is 434 g/mol. The van der Waals surface area contributed by atoms with Gasteiger partial charge in [-0.05, 0) is 32.0 Å². The fourth-order valence-corrected chi connectivity index (χ4v) is 5.19. The standard InChI is InChI=1S/C21H27FN4O3S/c1-24-11-12-26-18(16-4-3-5-17(22)14-16)15-23-20(26)21(24)7-9-25(10-8-21)19(27)6-13-30(2,28)29/h3-5,14-15H,6-13H2,1-2H3. The van der Waals surface area contributed by atoms with Crippen molar-refractivity contribution in [3.63, 3.8) is 0 Å². The second-order valence-corrected chi connectivity index (χ2v) is 10.6. The SMILES string of the molecule is CN1CCn2c(-c3cccc(F)c3)cnc2C12CCN(C(=O)CCS(C)(=O)=O)CC2. The Morgan fingerprint density at radius 1 is 1.20 bits per heavy atom. The zero-order valence-electron chi connectivity index (χ0n) is 17.3. The molecule has 2 aromatic rings. The van der Waals surface area contributed by atoms with Gasteiger partial charge in [-0.15, -0.1) is 0 Å². The number of piperidine rings is 1. The van der Waals surface area contributed by atoms with Crippen LogP contribution in [-0.4, -0.2) is 72.4 Å². The number of halogens is 1. The first-order valence-corrected chi connectivity index (χ1v) is 12.2. The molecule has 1 amide bonds. The lowest BCUT2D eigenvalue weighted by Gasteiger charge is -2.49. The van der Waals surface area contributed by atoms with Gasteiger partial charge in [0.25, 0.3) is 0 Å². The van der Waals surface area contributed by atoms with Crippen molar-refractivity contribution in [2.24, 2.45) is 0 Å². The second-order valence-electron chi connectivity index (χ2n) is 8.34. The van der Waals surface area contributed by atoms with Gasteiger partial charge in [0.2, 0.25) is 5.91 Å². The van der Waals surface area contributed by atoms with Crippen LogP contribution in [0.1, 0.15) is 25.1 Å². The molecular weight excluding hydrogens is 407 g/mol. The first-order chi connectivity index (χ1) is 14.2. The molecule has 1 aromatic carbocycles. The lowest BCUT2D eigenvalue weighted by molar-refractivity contribution is -0.134. The van der Waals surface area contributed by atoms with Gasteiger partial charge < -0.3 is 9.47 Å². The summed E-state index contributed by atoms with van der Waals surface area (Å²) in [5.41, 5.74) is 1.43. The minimum atomic E-state index is -3.16. The fraction of sp³-hybridized carbons (Fsp3) is 0.524. The molecule has 0 N–H and O–H groups in total. The van der Waals surface area contributed by atoms with Crippen LogP contribution in [0.3, 0.4) is 0 Å². The summed E-state index contributed by atoms with van der Waals surface area (Å²) in [6, 6.07) is 6.55. The molecule has 0 bridgehead atoms. The number of hydrogen-bond acceptors (Lipinski definition) is 5. The summed E-state index contributed by atoms with van der Waals surface area (Å²) in [5.74, 6) is 0.456. The third-order valence-electron chi connectivity index (χ3n) is 6.41. The van der Waals surface area contributed by atoms with Gasteiger partial charge >= 0.3 is 0 Å². The third-order valence-corrected chi connectivity index (χ3v) is 7.36. The molecule has 2 aliphatic rings. The number of nitrogens with zero attached hydrogens (tertiary/aromatic N) is 4. The van der Waals surface area contributed by atoms with E-state index in [2.05, 4.69) is 16.5 Å². The summed E-state index contributed by atoms with van der Waals surface area (Å²) in [7, 11) is -1.07. The summed E-state index contributed by atoms with van der Waals surface area (Å²) in [5, 5.41) is 0. The van der Waals surface area contributed by atoms with Crippen molar-refractivity contribution in [3.8, 4) is 11.3 Å². The lowest BCUT2D eigenvalue weighted by Crippen LogP contribution is -2.57. The highest BCUT2D eigenvalue weighted by molar-refractivity contribution is 7.90. The van der Waals surface area contributed by atoms with E-state index in [0.717, 1.165) is 49.3 Å². The second kappa shape index (κ2) is 7.77. The molecular formula is C21H27FN4O3S. The number of amides is 1. The van der Waals surface area contributed by atoms with E-state index in [4.69, 9.17) is 4.98 Å². The molecule has 0 radical (unpaired) electrons. The number of sulfone groups is 1. The number of rotatable bonds is 4. The Morgan fingerprint density at radius 3 is 2.60 bits per heavy atom. The third kappa shape index (κ3) is 3.88. The number of benzene rings is 1. The average molecular weight is 435 g/mol. The number of aromatic nitrogens is 2. The molecule has 7 nitrogen and oxygen atoms in total. The number of carbonyl (C=O) groups excluding carboxylic acids is 1. The van der Waals surface area contributed by atoms with E-state index in [-0.39, 0.29) is 29.4 Å². The Balaban J connectivity index is 1.56. The highest BCUT2D eigenvalue weighted by Crippen LogP contribution is 2.41. The summed E-state index contributed by atoms with van der Waals surface area (Å²) in [6.07, 6.45) is 4.45. The van der Waals surface area contributed by atoms with Crippen molar-refractivity contribution in [2.75, 3.05) is 38.7 Å². The normalized spacial score (nSPS) is 19.1. The molecule has 2 aliphatic heterocycles. The average Bonchev–Trinajstić information content (AvgIpc) is 3.14. The Labute approximate surface area is 176 Å². The molecule has 4 rings (SSSR count). The largest absolute Gasteiger partial charge is 0.343 e. The van der Waals surface area contributed by atoms with Crippen molar-refractivity contribution in [1.82, 2.24) is 19.4 Å². The molecule has 0 saturated carbocycles. The maximum Gasteiger partial charge on any atom is 0.223 e. The van der Waals surface area contributed by atoms with Crippen LogP contribution < -0.4 is 0 Å². The van der Waals surface area contributed by atoms with Crippen LogP contribution in [-0.2, 0) is 26.7 Å². The predicted octanol–water partition coefficient (Wildman–Crippen LogP) is 1.89. The number of imidazole rings is 1. The summed E-state index contributed by atoms with van der Waals surface area (Å²) in [4.78, 5) is 21.3. The molecule has 162 valence electrons. The minimum Gasteiger partial charge on any atom is -0.343 e. The first kappa shape index (κ1) is 21.0. The Kier molecular flexibility index (Phi) is 5.44. The quantitative estimate of drug-likeness (QED) is 0.735. The molecule has 30 heavy (non-hydrogen) atoms. The Hall–Kier alpha value is -2.26. The lowest BCUT2D eigenvalue weighted by atomic mass is 9.83. The highest BCUT2D eigenvalue weighted by atomic mass is 32.2. The number of fused-ring (bicyclic) bond motifs is 2. The molecule has 0 atom stereocenters. The van der Waals surface area contributed by atoms with Gasteiger partial charge in [-0.1, -0.05) is 12.1 Å². The maximum atomic E-state index is 13.7.